The summed E-state index contributed by atoms with van der Waals surface area (Å²) in [5.41, 5.74) is 1.12. The van der Waals surface area contributed by atoms with Gasteiger partial charge in [-0.3, -0.25) is 14.4 Å². The normalized spacial score (nSPS) is 14.9. The maximum Gasteiger partial charge on any atom is 0.409 e. The molecule has 1 aliphatic heterocycles. The zero-order valence-electron chi connectivity index (χ0n) is 23.6. The van der Waals surface area contributed by atoms with E-state index in [0.717, 1.165) is 5.56 Å². The molecular formula is C28H36N4O9. The van der Waals surface area contributed by atoms with Crippen molar-refractivity contribution in [1.82, 2.24) is 20.1 Å². The largest absolute Gasteiger partial charge is 0.481 e. The van der Waals surface area contributed by atoms with Gasteiger partial charge in [0, 0.05) is 50.0 Å². The van der Waals surface area contributed by atoms with Crippen molar-refractivity contribution in [3.8, 4) is 5.75 Å². The fraction of sp³-hybridized carbons (Fsp3) is 0.500. The Bertz CT molecular complexity index is 1300. The molecule has 1 saturated heterocycles. The van der Waals surface area contributed by atoms with E-state index >= 15 is 0 Å². The number of carbonyl (C=O) groups excluding carboxylic acids is 3. The second kappa shape index (κ2) is 13.8. The molecule has 3 amide bonds. The Hall–Kier alpha value is -4.42. The van der Waals surface area contributed by atoms with Crippen molar-refractivity contribution in [2.75, 3.05) is 32.8 Å². The maximum absolute atomic E-state index is 13.4. The number of aryl methyl sites for hydroxylation is 1. The molecule has 1 fully saturated rings. The van der Waals surface area contributed by atoms with Crippen LogP contribution in [-0.2, 0) is 19.1 Å². The molecule has 2 heterocycles. The summed E-state index contributed by atoms with van der Waals surface area (Å²) in [5.74, 6) is -3.76. The molecule has 0 saturated carbocycles. The quantitative estimate of drug-likeness (QED) is 0.362. The van der Waals surface area contributed by atoms with Crippen LogP contribution in [0.4, 0.5) is 4.79 Å². The van der Waals surface area contributed by atoms with Gasteiger partial charge in [0.25, 0.3) is 5.91 Å². The molecule has 3 N–H and O–H groups in total. The Morgan fingerprint density at radius 3 is 2.27 bits per heavy atom. The van der Waals surface area contributed by atoms with E-state index in [1.807, 2.05) is 13.0 Å². The van der Waals surface area contributed by atoms with E-state index < -0.39 is 42.0 Å². The van der Waals surface area contributed by atoms with Gasteiger partial charge in [-0.05, 0) is 38.0 Å². The highest BCUT2D eigenvalue weighted by Gasteiger charge is 2.32. The standard InChI is InChI=1S/C28H36N4O9/c1-5-40-28(39)32-12-10-31(11-13-32)26(36)19(8-9-23(33)34)30-25(35)21-15-22(41-24(16(2)3)27(37)38)18-7-6-17(4)14-20(18)29-21/h6-7,14-16,19,24H,5,8-13H2,1-4H3,(H,30,35)(H,33,34)(H,37,38). The first-order valence-electron chi connectivity index (χ1n) is 13.4. The van der Waals surface area contributed by atoms with E-state index in [4.69, 9.17) is 9.47 Å². The van der Waals surface area contributed by atoms with Gasteiger partial charge in [0.15, 0.2) is 6.10 Å². The summed E-state index contributed by atoms with van der Waals surface area (Å²) in [7, 11) is 0. The van der Waals surface area contributed by atoms with Gasteiger partial charge in [-0.1, -0.05) is 19.9 Å². The molecule has 0 radical (unpaired) electrons. The molecule has 0 bridgehead atoms. The molecule has 1 aliphatic rings. The van der Waals surface area contributed by atoms with Gasteiger partial charge >= 0.3 is 18.0 Å². The highest BCUT2D eigenvalue weighted by Crippen LogP contribution is 2.29. The summed E-state index contributed by atoms with van der Waals surface area (Å²) in [4.78, 5) is 69.2. The molecule has 1 aromatic heterocycles. The number of nitrogens with one attached hydrogen (secondary N) is 1. The van der Waals surface area contributed by atoms with E-state index in [1.165, 1.54) is 15.9 Å². The van der Waals surface area contributed by atoms with Gasteiger partial charge in [-0.2, -0.15) is 0 Å². The number of aliphatic carboxylic acids is 2. The predicted octanol–water partition coefficient (Wildman–Crippen LogP) is 2.30. The fourth-order valence-electron chi connectivity index (χ4n) is 4.43. The second-order valence-corrected chi connectivity index (χ2v) is 10.1. The van der Waals surface area contributed by atoms with Crippen LogP contribution in [0.3, 0.4) is 0 Å². The number of carbonyl (C=O) groups is 5. The lowest BCUT2D eigenvalue weighted by atomic mass is 10.1. The van der Waals surface area contributed by atoms with Crippen LogP contribution in [0.25, 0.3) is 10.9 Å². The molecule has 2 unspecified atom stereocenters. The topological polar surface area (TPSA) is 176 Å². The molecule has 2 aromatic rings. The van der Waals surface area contributed by atoms with Crippen LogP contribution in [0.5, 0.6) is 5.75 Å². The lowest BCUT2D eigenvalue weighted by Gasteiger charge is -2.35. The van der Waals surface area contributed by atoms with E-state index in [2.05, 4.69) is 10.3 Å². The molecule has 13 nitrogen and oxygen atoms in total. The monoisotopic (exact) mass is 572 g/mol. The highest BCUT2D eigenvalue weighted by molar-refractivity contribution is 5.99. The van der Waals surface area contributed by atoms with Crippen molar-refractivity contribution >= 4 is 40.7 Å². The van der Waals surface area contributed by atoms with Crippen molar-refractivity contribution in [2.24, 2.45) is 5.92 Å². The average molecular weight is 573 g/mol. The van der Waals surface area contributed by atoms with E-state index in [0.29, 0.717) is 10.9 Å². The van der Waals surface area contributed by atoms with Gasteiger partial charge in [-0.15, -0.1) is 0 Å². The molecule has 0 spiro atoms. The van der Waals surface area contributed by atoms with Crippen molar-refractivity contribution in [3.63, 3.8) is 0 Å². The molecule has 3 rings (SSSR count). The van der Waals surface area contributed by atoms with Crippen LogP contribution in [0.15, 0.2) is 24.3 Å². The Morgan fingerprint density at radius 2 is 1.68 bits per heavy atom. The molecule has 1 aromatic carbocycles. The van der Waals surface area contributed by atoms with E-state index in [1.54, 1.807) is 32.9 Å². The molecule has 41 heavy (non-hydrogen) atoms. The summed E-state index contributed by atoms with van der Waals surface area (Å²) in [6, 6.07) is 5.41. The highest BCUT2D eigenvalue weighted by atomic mass is 16.6. The maximum atomic E-state index is 13.4. The fourth-order valence-corrected chi connectivity index (χ4v) is 4.43. The number of piperazine rings is 1. The Morgan fingerprint density at radius 1 is 1.02 bits per heavy atom. The number of hydrogen-bond acceptors (Lipinski definition) is 8. The third-order valence-electron chi connectivity index (χ3n) is 6.63. The van der Waals surface area contributed by atoms with Crippen LogP contribution in [-0.4, -0.2) is 99.8 Å². The van der Waals surface area contributed by atoms with Gasteiger partial charge in [0.2, 0.25) is 5.91 Å². The minimum Gasteiger partial charge on any atom is -0.481 e. The van der Waals surface area contributed by atoms with E-state index in [-0.39, 0.29) is 63.0 Å². The summed E-state index contributed by atoms with van der Waals surface area (Å²) >= 11 is 0. The first-order chi connectivity index (χ1) is 19.4. The second-order valence-electron chi connectivity index (χ2n) is 10.1. The minimum atomic E-state index is -1.18. The van der Waals surface area contributed by atoms with E-state index in [9.17, 15) is 34.2 Å². The summed E-state index contributed by atoms with van der Waals surface area (Å²) in [6.07, 6.45) is -2.19. The number of amides is 3. The number of pyridine rings is 1. The molecular weight excluding hydrogens is 536 g/mol. The van der Waals surface area contributed by atoms with Gasteiger partial charge in [-0.25, -0.2) is 14.6 Å². The molecule has 13 heteroatoms. The lowest BCUT2D eigenvalue weighted by molar-refractivity contribution is -0.147. The Kier molecular flexibility index (Phi) is 10.5. The number of carboxylic acid groups (broad SMARTS) is 2. The third kappa shape index (κ3) is 8.05. The van der Waals surface area contributed by atoms with Crippen molar-refractivity contribution in [3.05, 3.63) is 35.5 Å². The Labute approximate surface area is 237 Å². The smallest absolute Gasteiger partial charge is 0.409 e. The summed E-state index contributed by atoms with van der Waals surface area (Å²) < 4.78 is 10.8. The SMILES string of the molecule is CCOC(=O)N1CCN(C(=O)C(CCC(=O)O)NC(=O)c2cc(OC(C(=O)O)C(C)C)c3ccc(C)cc3n2)CC1. The summed E-state index contributed by atoms with van der Waals surface area (Å²) in [5, 5.41) is 22.0. The zero-order chi connectivity index (χ0) is 30.3. The molecule has 2 atom stereocenters. The number of rotatable bonds is 11. The van der Waals surface area contributed by atoms with Crippen molar-refractivity contribution < 1.29 is 43.7 Å². The first-order valence-corrected chi connectivity index (χ1v) is 13.4. The third-order valence-corrected chi connectivity index (χ3v) is 6.63. The number of hydrogen-bond donors (Lipinski definition) is 3. The average Bonchev–Trinajstić information content (AvgIpc) is 2.92. The number of nitrogens with zero attached hydrogens (tertiary/aromatic N) is 3. The summed E-state index contributed by atoms with van der Waals surface area (Å²) in [6.45, 7) is 8.01. The van der Waals surface area contributed by atoms with Crippen molar-refractivity contribution in [1.29, 1.82) is 0 Å². The number of benzene rings is 1. The van der Waals surface area contributed by atoms with Gasteiger partial charge in [0.05, 0.1) is 12.1 Å². The lowest BCUT2D eigenvalue weighted by Crippen LogP contribution is -2.56. The van der Waals surface area contributed by atoms with Gasteiger partial charge in [0.1, 0.15) is 17.5 Å². The molecule has 222 valence electrons. The van der Waals surface area contributed by atoms with Crippen LogP contribution < -0.4 is 10.1 Å². The minimum absolute atomic E-state index is 0.119. The zero-order valence-corrected chi connectivity index (χ0v) is 23.6. The number of ether oxygens (including phenoxy) is 2. The van der Waals surface area contributed by atoms with Gasteiger partial charge < -0.3 is 34.8 Å². The van der Waals surface area contributed by atoms with Crippen LogP contribution >= 0.6 is 0 Å². The Balaban J connectivity index is 1.86. The van der Waals surface area contributed by atoms with Crippen LogP contribution in [0.1, 0.15) is 49.7 Å². The van der Waals surface area contributed by atoms with Crippen molar-refractivity contribution in [2.45, 2.75) is 52.7 Å². The molecule has 0 aliphatic carbocycles. The predicted molar refractivity (Wildman–Crippen MR) is 147 cm³/mol. The number of carboxylic acids is 2. The number of fused-ring (bicyclic) bond motifs is 1. The number of aromatic nitrogens is 1. The van der Waals surface area contributed by atoms with Crippen LogP contribution in [0, 0.1) is 12.8 Å². The van der Waals surface area contributed by atoms with Crippen LogP contribution in [0.2, 0.25) is 0 Å². The first kappa shape index (κ1) is 31.1.